The van der Waals surface area contributed by atoms with Crippen LogP contribution in [0.1, 0.15) is 16.7 Å². The van der Waals surface area contributed by atoms with Crippen molar-refractivity contribution in [2.75, 3.05) is 18.6 Å². The second kappa shape index (κ2) is 5.46. The second-order valence-electron chi connectivity index (χ2n) is 4.24. The lowest BCUT2D eigenvalue weighted by atomic mass is 10.1. The van der Waals surface area contributed by atoms with Crippen LogP contribution in [-0.2, 0) is 16.4 Å². The van der Waals surface area contributed by atoms with Gasteiger partial charge in [0.05, 0.1) is 5.75 Å². The van der Waals surface area contributed by atoms with Gasteiger partial charge in [-0.3, -0.25) is 0 Å². The summed E-state index contributed by atoms with van der Waals surface area (Å²) in [6, 6.07) is 6.28. The van der Waals surface area contributed by atoms with Crippen molar-refractivity contribution in [3.05, 3.63) is 34.9 Å². The quantitative estimate of drug-likeness (QED) is 0.793. The van der Waals surface area contributed by atoms with E-state index in [0.717, 1.165) is 6.54 Å². The molecule has 0 atom stereocenters. The Balaban J connectivity index is 2.43. The molecule has 1 aromatic carbocycles. The van der Waals surface area contributed by atoms with Crippen LogP contribution in [0.4, 0.5) is 0 Å². The number of nitrogens with one attached hydrogen (secondary N) is 1. The monoisotopic (exact) mass is 241 g/mol. The van der Waals surface area contributed by atoms with Crippen LogP contribution in [0.3, 0.4) is 0 Å². The van der Waals surface area contributed by atoms with Gasteiger partial charge in [0, 0.05) is 19.3 Å². The molecule has 0 amide bonds. The fourth-order valence-electron chi connectivity index (χ4n) is 1.52. The molecular formula is C12H19NO2S. The molecule has 4 heteroatoms. The highest BCUT2D eigenvalue weighted by molar-refractivity contribution is 7.90. The molecule has 3 nitrogen and oxygen atoms in total. The highest BCUT2D eigenvalue weighted by Gasteiger charge is 2.02. The van der Waals surface area contributed by atoms with E-state index >= 15 is 0 Å². The lowest BCUT2D eigenvalue weighted by Gasteiger charge is -2.08. The van der Waals surface area contributed by atoms with Gasteiger partial charge in [-0.15, -0.1) is 0 Å². The van der Waals surface area contributed by atoms with Crippen LogP contribution in [0.25, 0.3) is 0 Å². The van der Waals surface area contributed by atoms with E-state index in [4.69, 9.17) is 0 Å². The van der Waals surface area contributed by atoms with Crippen molar-refractivity contribution in [1.29, 1.82) is 0 Å². The van der Waals surface area contributed by atoms with E-state index in [2.05, 4.69) is 37.4 Å². The number of aryl methyl sites for hydroxylation is 2. The van der Waals surface area contributed by atoms with Crippen molar-refractivity contribution in [1.82, 2.24) is 5.32 Å². The van der Waals surface area contributed by atoms with Gasteiger partial charge in [-0.2, -0.15) is 0 Å². The normalized spacial score (nSPS) is 11.7. The minimum Gasteiger partial charge on any atom is -0.312 e. The summed E-state index contributed by atoms with van der Waals surface area (Å²) >= 11 is 0. The summed E-state index contributed by atoms with van der Waals surface area (Å²) < 4.78 is 21.8. The molecule has 1 rings (SSSR count). The zero-order valence-corrected chi connectivity index (χ0v) is 10.9. The van der Waals surface area contributed by atoms with E-state index in [1.807, 2.05) is 0 Å². The second-order valence-corrected chi connectivity index (χ2v) is 6.50. The topological polar surface area (TPSA) is 46.2 Å². The number of benzene rings is 1. The molecule has 90 valence electrons. The lowest BCUT2D eigenvalue weighted by molar-refractivity contribution is 0.596. The third-order valence-electron chi connectivity index (χ3n) is 2.46. The Morgan fingerprint density at radius 2 is 1.94 bits per heavy atom. The first-order chi connectivity index (χ1) is 7.38. The predicted octanol–water partition coefficient (Wildman–Crippen LogP) is 1.44. The Labute approximate surface area is 97.8 Å². The maximum atomic E-state index is 10.9. The van der Waals surface area contributed by atoms with Crippen LogP contribution in [0.15, 0.2) is 18.2 Å². The summed E-state index contributed by atoms with van der Waals surface area (Å²) in [7, 11) is -2.86. The van der Waals surface area contributed by atoms with E-state index in [9.17, 15) is 8.42 Å². The van der Waals surface area contributed by atoms with Gasteiger partial charge in [0.15, 0.2) is 0 Å². The smallest absolute Gasteiger partial charge is 0.148 e. The van der Waals surface area contributed by atoms with E-state index in [-0.39, 0.29) is 5.75 Å². The number of hydrogen-bond acceptors (Lipinski definition) is 3. The zero-order chi connectivity index (χ0) is 12.2. The van der Waals surface area contributed by atoms with Gasteiger partial charge in [-0.05, 0) is 25.0 Å². The minimum atomic E-state index is -2.86. The van der Waals surface area contributed by atoms with Crippen LogP contribution >= 0.6 is 0 Å². The molecule has 0 aliphatic rings. The maximum Gasteiger partial charge on any atom is 0.148 e. The Morgan fingerprint density at radius 3 is 2.50 bits per heavy atom. The molecule has 0 aliphatic carbocycles. The zero-order valence-electron chi connectivity index (χ0n) is 10.1. The van der Waals surface area contributed by atoms with Crippen LogP contribution in [0.5, 0.6) is 0 Å². The van der Waals surface area contributed by atoms with Crippen LogP contribution < -0.4 is 5.32 Å². The summed E-state index contributed by atoms with van der Waals surface area (Å²) in [6.07, 6.45) is 1.26. The Bertz CT molecular complexity index is 452. The van der Waals surface area contributed by atoms with Gasteiger partial charge in [0.25, 0.3) is 0 Å². The van der Waals surface area contributed by atoms with E-state index < -0.39 is 9.84 Å². The molecule has 0 aromatic heterocycles. The van der Waals surface area contributed by atoms with Crippen molar-refractivity contribution >= 4 is 9.84 Å². The molecular weight excluding hydrogens is 222 g/mol. The van der Waals surface area contributed by atoms with Crippen LogP contribution in [-0.4, -0.2) is 27.0 Å². The SMILES string of the molecule is Cc1ccc(CNCCS(C)(=O)=O)c(C)c1. The Kier molecular flexibility index (Phi) is 4.50. The predicted molar refractivity (Wildman–Crippen MR) is 67.3 cm³/mol. The van der Waals surface area contributed by atoms with Gasteiger partial charge in [-0.25, -0.2) is 8.42 Å². The fourth-order valence-corrected chi connectivity index (χ4v) is 2.04. The number of rotatable bonds is 5. The summed E-state index contributed by atoms with van der Waals surface area (Å²) in [5.74, 6) is 0.192. The van der Waals surface area contributed by atoms with E-state index in [0.29, 0.717) is 6.54 Å². The van der Waals surface area contributed by atoms with Crippen LogP contribution in [0, 0.1) is 13.8 Å². The first kappa shape index (κ1) is 13.2. The Hall–Kier alpha value is -0.870. The molecule has 0 radical (unpaired) electrons. The molecule has 1 aromatic rings. The summed E-state index contributed by atoms with van der Waals surface area (Å²) in [5, 5.41) is 3.14. The molecule has 0 saturated carbocycles. The first-order valence-electron chi connectivity index (χ1n) is 5.33. The molecule has 1 N–H and O–H groups in total. The average molecular weight is 241 g/mol. The minimum absolute atomic E-state index is 0.192. The molecule has 16 heavy (non-hydrogen) atoms. The van der Waals surface area contributed by atoms with Gasteiger partial charge < -0.3 is 5.32 Å². The van der Waals surface area contributed by atoms with Crippen LogP contribution in [0.2, 0.25) is 0 Å². The van der Waals surface area contributed by atoms with Crippen molar-refractivity contribution in [3.8, 4) is 0 Å². The highest BCUT2D eigenvalue weighted by atomic mass is 32.2. The molecule has 0 spiro atoms. The first-order valence-corrected chi connectivity index (χ1v) is 7.39. The largest absolute Gasteiger partial charge is 0.312 e. The third-order valence-corrected chi connectivity index (χ3v) is 3.41. The molecule has 0 unspecified atom stereocenters. The summed E-state index contributed by atoms with van der Waals surface area (Å²) in [4.78, 5) is 0. The van der Waals surface area contributed by atoms with Crippen molar-refractivity contribution < 1.29 is 8.42 Å². The van der Waals surface area contributed by atoms with Gasteiger partial charge in [0.1, 0.15) is 9.84 Å². The summed E-state index contributed by atoms with van der Waals surface area (Å²) in [6.45, 7) is 5.36. The van der Waals surface area contributed by atoms with E-state index in [1.54, 1.807) is 0 Å². The third kappa shape index (κ3) is 4.77. The average Bonchev–Trinajstić information content (AvgIpc) is 2.13. The van der Waals surface area contributed by atoms with Gasteiger partial charge >= 0.3 is 0 Å². The van der Waals surface area contributed by atoms with Gasteiger partial charge in [0.2, 0.25) is 0 Å². The Morgan fingerprint density at radius 1 is 1.25 bits per heavy atom. The number of hydrogen-bond donors (Lipinski definition) is 1. The van der Waals surface area contributed by atoms with Crippen molar-refractivity contribution in [2.24, 2.45) is 0 Å². The standard InChI is InChI=1S/C12H19NO2S/c1-10-4-5-12(11(2)8-10)9-13-6-7-16(3,14)15/h4-5,8,13H,6-7,9H2,1-3H3. The maximum absolute atomic E-state index is 10.9. The highest BCUT2D eigenvalue weighted by Crippen LogP contribution is 2.09. The molecule has 0 aliphatic heterocycles. The number of sulfone groups is 1. The van der Waals surface area contributed by atoms with Crippen molar-refractivity contribution in [3.63, 3.8) is 0 Å². The fraction of sp³-hybridized carbons (Fsp3) is 0.500. The molecule has 0 bridgehead atoms. The molecule has 0 heterocycles. The molecule has 0 saturated heterocycles. The lowest BCUT2D eigenvalue weighted by Crippen LogP contribution is -2.22. The van der Waals surface area contributed by atoms with Gasteiger partial charge in [-0.1, -0.05) is 23.8 Å². The molecule has 0 fully saturated rings. The van der Waals surface area contributed by atoms with Crippen molar-refractivity contribution in [2.45, 2.75) is 20.4 Å². The van der Waals surface area contributed by atoms with E-state index in [1.165, 1.54) is 22.9 Å². The summed E-state index contributed by atoms with van der Waals surface area (Å²) in [5.41, 5.74) is 3.71.